The molecule has 0 radical (unpaired) electrons. The summed E-state index contributed by atoms with van der Waals surface area (Å²) in [5.41, 5.74) is 6.80. The fraction of sp³-hybridized carbons (Fsp3) is 0. The number of nitrogen functional groups attached to an aromatic ring is 1. The van der Waals surface area contributed by atoms with Gasteiger partial charge in [-0.15, -0.1) is 0 Å². The van der Waals surface area contributed by atoms with Crippen molar-refractivity contribution in [3.8, 4) is 0 Å². The van der Waals surface area contributed by atoms with E-state index in [1.807, 2.05) is 12.1 Å². The monoisotopic (exact) mass is 303 g/mol. The molecular weight excluding hydrogens is 290 g/mol. The van der Waals surface area contributed by atoms with Gasteiger partial charge in [0.05, 0.1) is 5.52 Å². The van der Waals surface area contributed by atoms with Gasteiger partial charge in [-0.1, -0.05) is 42.1 Å². The molecule has 1 heterocycles. The highest BCUT2D eigenvalue weighted by Gasteiger charge is 2.04. The lowest BCUT2D eigenvalue weighted by Gasteiger charge is -2.06. The van der Waals surface area contributed by atoms with Crippen molar-refractivity contribution in [2.75, 3.05) is 5.73 Å². The number of nitrogens with zero attached hydrogens (tertiary/aromatic N) is 2. The van der Waals surface area contributed by atoms with Gasteiger partial charge in [0.2, 0.25) is 0 Å². The van der Waals surface area contributed by atoms with Gasteiger partial charge in [-0.2, -0.15) is 0 Å². The Morgan fingerprint density at radius 2 is 1.55 bits per heavy atom. The Balaban J connectivity index is 1.73. The molecule has 0 spiro atoms. The van der Waals surface area contributed by atoms with E-state index in [1.54, 1.807) is 11.8 Å². The third kappa shape index (κ3) is 2.38. The predicted octanol–water partition coefficient (Wildman–Crippen LogP) is 4.52. The van der Waals surface area contributed by atoms with Crippen LogP contribution in [-0.2, 0) is 0 Å². The number of fused-ring (bicyclic) bond motifs is 2. The molecular formula is C18H13N3S. The topological polar surface area (TPSA) is 51.8 Å². The minimum atomic E-state index is 0.519. The molecule has 3 aromatic carbocycles. The van der Waals surface area contributed by atoms with Crippen LogP contribution in [0.15, 0.2) is 76.8 Å². The van der Waals surface area contributed by atoms with E-state index < -0.39 is 0 Å². The van der Waals surface area contributed by atoms with Crippen molar-refractivity contribution in [2.45, 2.75) is 9.79 Å². The van der Waals surface area contributed by atoms with Gasteiger partial charge in [0, 0.05) is 15.2 Å². The maximum atomic E-state index is 5.93. The van der Waals surface area contributed by atoms with E-state index >= 15 is 0 Å². The second kappa shape index (κ2) is 5.31. The van der Waals surface area contributed by atoms with Crippen molar-refractivity contribution in [1.82, 2.24) is 9.97 Å². The molecule has 0 bridgehead atoms. The average Bonchev–Trinajstić information content (AvgIpc) is 2.56. The molecule has 0 aliphatic heterocycles. The zero-order valence-corrected chi connectivity index (χ0v) is 12.5. The number of rotatable bonds is 2. The van der Waals surface area contributed by atoms with Gasteiger partial charge in [-0.3, -0.25) is 0 Å². The second-order valence-corrected chi connectivity index (χ2v) is 6.20. The highest BCUT2D eigenvalue weighted by Crippen LogP contribution is 2.32. The highest BCUT2D eigenvalue weighted by molar-refractivity contribution is 7.99. The van der Waals surface area contributed by atoms with E-state index in [0.717, 1.165) is 15.8 Å². The molecule has 22 heavy (non-hydrogen) atoms. The van der Waals surface area contributed by atoms with Crippen LogP contribution in [-0.4, -0.2) is 9.97 Å². The first-order valence-electron chi connectivity index (χ1n) is 6.96. The van der Waals surface area contributed by atoms with E-state index in [-0.39, 0.29) is 0 Å². The van der Waals surface area contributed by atoms with Crippen molar-refractivity contribution in [3.63, 3.8) is 0 Å². The minimum Gasteiger partial charge on any atom is -0.383 e. The lowest BCUT2D eigenvalue weighted by molar-refractivity contribution is 1.22. The Labute approximate surface area is 132 Å². The zero-order valence-electron chi connectivity index (χ0n) is 11.7. The summed E-state index contributed by atoms with van der Waals surface area (Å²) in [5, 5.41) is 3.40. The molecule has 3 nitrogen and oxygen atoms in total. The first kappa shape index (κ1) is 13.1. The fourth-order valence-electron chi connectivity index (χ4n) is 2.49. The number of aromatic nitrogens is 2. The Morgan fingerprint density at radius 1 is 0.773 bits per heavy atom. The Bertz CT molecular complexity index is 982. The van der Waals surface area contributed by atoms with Crippen molar-refractivity contribution >= 4 is 39.3 Å². The molecule has 4 heteroatoms. The van der Waals surface area contributed by atoms with E-state index in [0.29, 0.717) is 5.82 Å². The smallest absolute Gasteiger partial charge is 0.134 e. The molecule has 1 aromatic heterocycles. The molecule has 0 saturated heterocycles. The van der Waals surface area contributed by atoms with Crippen LogP contribution in [0.5, 0.6) is 0 Å². The van der Waals surface area contributed by atoms with Crippen LogP contribution in [0, 0.1) is 0 Å². The van der Waals surface area contributed by atoms with Gasteiger partial charge in [-0.05, 0) is 41.1 Å². The van der Waals surface area contributed by atoms with Crippen molar-refractivity contribution < 1.29 is 0 Å². The molecule has 4 rings (SSSR count). The van der Waals surface area contributed by atoms with Gasteiger partial charge in [0.15, 0.2) is 0 Å². The normalized spacial score (nSPS) is 11.1. The summed E-state index contributed by atoms with van der Waals surface area (Å²) in [6, 6.07) is 21.0. The molecule has 2 N–H and O–H groups in total. The molecule has 0 aliphatic rings. The average molecular weight is 303 g/mol. The summed E-state index contributed by atoms with van der Waals surface area (Å²) in [7, 11) is 0. The number of hydrogen-bond acceptors (Lipinski definition) is 4. The fourth-order valence-corrected chi connectivity index (χ4v) is 3.39. The number of hydrogen-bond donors (Lipinski definition) is 1. The number of anilines is 1. The largest absolute Gasteiger partial charge is 0.383 e. The van der Waals surface area contributed by atoms with Crippen LogP contribution in [0.4, 0.5) is 5.82 Å². The van der Waals surface area contributed by atoms with E-state index in [4.69, 9.17) is 5.73 Å². The molecule has 0 aliphatic carbocycles. The Morgan fingerprint density at radius 3 is 2.45 bits per heavy atom. The van der Waals surface area contributed by atoms with Crippen molar-refractivity contribution in [1.29, 1.82) is 0 Å². The third-order valence-electron chi connectivity index (χ3n) is 3.59. The van der Waals surface area contributed by atoms with E-state index in [2.05, 4.69) is 58.5 Å². The lowest BCUT2D eigenvalue weighted by Crippen LogP contribution is -1.92. The maximum absolute atomic E-state index is 5.93. The lowest BCUT2D eigenvalue weighted by atomic mass is 10.1. The number of benzene rings is 3. The van der Waals surface area contributed by atoms with Gasteiger partial charge in [-0.25, -0.2) is 9.97 Å². The summed E-state index contributed by atoms with van der Waals surface area (Å²) in [4.78, 5) is 10.6. The van der Waals surface area contributed by atoms with Crippen molar-refractivity contribution in [3.05, 3.63) is 67.0 Å². The zero-order chi connectivity index (χ0) is 14.9. The summed E-state index contributed by atoms with van der Waals surface area (Å²) in [6.45, 7) is 0. The first-order valence-corrected chi connectivity index (χ1v) is 7.78. The maximum Gasteiger partial charge on any atom is 0.134 e. The summed E-state index contributed by atoms with van der Waals surface area (Å²) in [5.74, 6) is 0.519. The number of nitrogens with two attached hydrogens (primary N) is 1. The molecule has 4 aromatic rings. The molecule has 0 saturated carbocycles. The van der Waals surface area contributed by atoms with Crippen molar-refractivity contribution in [2.24, 2.45) is 0 Å². The minimum absolute atomic E-state index is 0.519. The van der Waals surface area contributed by atoms with Gasteiger partial charge in [0.25, 0.3) is 0 Å². The highest BCUT2D eigenvalue weighted by atomic mass is 32.2. The van der Waals surface area contributed by atoms with Crippen LogP contribution in [0.2, 0.25) is 0 Å². The molecule has 0 amide bonds. The molecule has 0 atom stereocenters. The van der Waals surface area contributed by atoms with E-state index in [1.165, 1.54) is 22.0 Å². The summed E-state index contributed by atoms with van der Waals surface area (Å²) >= 11 is 1.71. The van der Waals surface area contributed by atoms with Crippen LogP contribution in [0.3, 0.4) is 0 Å². The standard InChI is InChI=1S/C18H13N3S/c19-18-16-10-15(7-8-17(16)20-11-21-18)22-14-6-5-12-3-1-2-4-13(12)9-14/h1-11H,(H2,19,20,21). The predicted molar refractivity (Wildman–Crippen MR) is 92.0 cm³/mol. The molecule has 0 fully saturated rings. The van der Waals surface area contributed by atoms with E-state index in [9.17, 15) is 0 Å². The van der Waals surface area contributed by atoms with Crippen LogP contribution in [0.1, 0.15) is 0 Å². The van der Waals surface area contributed by atoms with Crippen LogP contribution < -0.4 is 5.73 Å². The quantitative estimate of drug-likeness (QED) is 0.591. The third-order valence-corrected chi connectivity index (χ3v) is 4.57. The molecule has 0 unspecified atom stereocenters. The van der Waals surface area contributed by atoms with Gasteiger partial charge >= 0.3 is 0 Å². The Hall–Kier alpha value is -2.59. The second-order valence-electron chi connectivity index (χ2n) is 5.05. The summed E-state index contributed by atoms with van der Waals surface area (Å²) < 4.78 is 0. The van der Waals surface area contributed by atoms with Gasteiger partial charge < -0.3 is 5.73 Å². The SMILES string of the molecule is Nc1ncnc2ccc(Sc3ccc4ccccc4c3)cc12. The first-order chi connectivity index (χ1) is 10.8. The van der Waals surface area contributed by atoms with Crippen LogP contribution >= 0.6 is 11.8 Å². The van der Waals surface area contributed by atoms with Crippen LogP contribution in [0.25, 0.3) is 21.7 Å². The van der Waals surface area contributed by atoms with Gasteiger partial charge in [0.1, 0.15) is 12.1 Å². The Kier molecular flexibility index (Phi) is 3.16. The molecule has 106 valence electrons. The summed E-state index contributed by atoms with van der Waals surface area (Å²) in [6.07, 6.45) is 1.49.